The monoisotopic (exact) mass is 521 g/mol. The minimum atomic E-state index is -3.74. The SMILES string of the molecule is NCCN(C1CCNCC1)S(=O)(=O)c1ccc(Nc2nccc(Nc3cc(F)c(F)cc3F)n2)cc1. The number of piperidine rings is 1. The molecule has 13 heteroatoms. The second kappa shape index (κ2) is 11.2. The highest BCUT2D eigenvalue weighted by molar-refractivity contribution is 7.89. The smallest absolute Gasteiger partial charge is 0.243 e. The van der Waals surface area contributed by atoms with Crippen LogP contribution in [0.3, 0.4) is 0 Å². The third kappa shape index (κ3) is 5.93. The molecule has 1 aliphatic rings. The van der Waals surface area contributed by atoms with Crippen molar-refractivity contribution in [3.8, 4) is 0 Å². The largest absolute Gasteiger partial charge is 0.338 e. The number of hydrogen-bond acceptors (Lipinski definition) is 8. The van der Waals surface area contributed by atoms with Crippen LogP contribution in [-0.2, 0) is 10.0 Å². The molecular weight excluding hydrogens is 495 g/mol. The van der Waals surface area contributed by atoms with E-state index in [1.165, 1.54) is 28.7 Å². The topological polar surface area (TPSA) is 125 Å². The lowest BCUT2D eigenvalue weighted by Crippen LogP contribution is -2.47. The molecule has 0 aliphatic carbocycles. The molecule has 1 fully saturated rings. The minimum Gasteiger partial charge on any atom is -0.338 e. The lowest BCUT2D eigenvalue weighted by Gasteiger charge is -2.33. The second-order valence-electron chi connectivity index (χ2n) is 8.17. The van der Waals surface area contributed by atoms with Crippen LogP contribution in [0.25, 0.3) is 0 Å². The molecule has 2 aromatic carbocycles. The normalized spacial score (nSPS) is 14.7. The van der Waals surface area contributed by atoms with Crippen LogP contribution in [-0.4, -0.2) is 54.9 Å². The first-order chi connectivity index (χ1) is 17.3. The maximum absolute atomic E-state index is 13.9. The number of rotatable bonds is 9. The van der Waals surface area contributed by atoms with Gasteiger partial charge in [-0.3, -0.25) is 0 Å². The summed E-state index contributed by atoms with van der Waals surface area (Å²) < 4.78 is 68.6. The highest BCUT2D eigenvalue weighted by Crippen LogP contribution is 2.25. The summed E-state index contributed by atoms with van der Waals surface area (Å²) >= 11 is 0. The van der Waals surface area contributed by atoms with Crippen LogP contribution in [0.4, 0.5) is 36.3 Å². The van der Waals surface area contributed by atoms with E-state index in [-0.39, 0.29) is 41.5 Å². The van der Waals surface area contributed by atoms with Crippen molar-refractivity contribution in [3.05, 3.63) is 66.1 Å². The molecule has 9 nitrogen and oxygen atoms in total. The van der Waals surface area contributed by atoms with Crippen LogP contribution in [0.5, 0.6) is 0 Å². The van der Waals surface area contributed by atoms with Crippen LogP contribution in [0.1, 0.15) is 12.8 Å². The molecule has 1 aliphatic heterocycles. The van der Waals surface area contributed by atoms with E-state index >= 15 is 0 Å². The summed E-state index contributed by atoms with van der Waals surface area (Å²) in [7, 11) is -3.74. The van der Waals surface area contributed by atoms with Gasteiger partial charge in [0.1, 0.15) is 11.6 Å². The number of nitrogens with zero attached hydrogens (tertiary/aromatic N) is 3. The number of sulfonamides is 1. The minimum absolute atomic E-state index is 0.110. The molecule has 5 N–H and O–H groups in total. The summed E-state index contributed by atoms with van der Waals surface area (Å²) in [4.78, 5) is 8.40. The predicted octanol–water partition coefficient (Wildman–Crippen LogP) is 3.08. The Bertz CT molecular complexity index is 1300. The Morgan fingerprint density at radius 1 is 1.00 bits per heavy atom. The van der Waals surface area contributed by atoms with Gasteiger partial charge in [-0.15, -0.1) is 0 Å². The van der Waals surface area contributed by atoms with E-state index in [0.717, 1.165) is 25.9 Å². The predicted molar refractivity (Wildman–Crippen MR) is 130 cm³/mol. The van der Waals surface area contributed by atoms with Crippen LogP contribution < -0.4 is 21.7 Å². The van der Waals surface area contributed by atoms with Crippen LogP contribution in [0.15, 0.2) is 53.6 Å². The first-order valence-electron chi connectivity index (χ1n) is 11.3. The number of aromatic nitrogens is 2. The molecule has 3 aromatic rings. The van der Waals surface area contributed by atoms with E-state index in [1.807, 2.05) is 0 Å². The van der Waals surface area contributed by atoms with E-state index < -0.39 is 27.5 Å². The van der Waals surface area contributed by atoms with Crippen molar-refractivity contribution in [2.45, 2.75) is 23.8 Å². The summed E-state index contributed by atoms with van der Waals surface area (Å²) in [5.41, 5.74) is 5.92. The number of hydrogen-bond donors (Lipinski definition) is 4. The lowest BCUT2D eigenvalue weighted by molar-refractivity contribution is 0.266. The van der Waals surface area contributed by atoms with Gasteiger partial charge in [0, 0.05) is 43.1 Å². The standard InChI is InChI=1S/C23H26F3N7O2S/c24-18-13-20(26)21(14-19(18)25)31-22-7-11-29-23(32-22)30-15-1-3-17(4-2-15)36(34,35)33(12-8-27)16-5-9-28-10-6-16/h1-4,7,11,13-14,16,28H,5-6,8-10,12,27H2,(H2,29,30,31,32). The zero-order valence-corrected chi connectivity index (χ0v) is 20.0. The summed E-state index contributed by atoms with van der Waals surface area (Å²) in [6.07, 6.45) is 2.82. The first-order valence-corrected chi connectivity index (χ1v) is 12.8. The van der Waals surface area contributed by atoms with Gasteiger partial charge in [0.15, 0.2) is 11.6 Å². The van der Waals surface area contributed by atoms with E-state index in [9.17, 15) is 21.6 Å². The number of anilines is 4. The quantitative estimate of drug-likeness (QED) is 0.317. The number of nitrogens with two attached hydrogens (primary N) is 1. The van der Waals surface area contributed by atoms with Gasteiger partial charge in [-0.1, -0.05) is 0 Å². The molecule has 1 saturated heterocycles. The summed E-state index contributed by atoms with van der Waals surface area (Å²) in [5.74, 6) is -3.22. The Hall–Kier alpha value is -3.26. The molecule has 4 rings (SSSR count). The fraction of sp³-hybridized carbons (Fsp3) is 0.304. The molecule has 192 valence electrons. The Morgan fingerprint density at radius 3 is 2.39 bits per heavy atom. The van der Waals surface area contributed by atoms with Gasteiger partial charge in [0.05, 0.1) is 10.6 Å². The summed E-state index contributed by atoms with van der Waals surface area (Å²) in [6.45, 7) is 1.96. The van der Waals surface area contributed by atoms with Crippen molar-refractivity contribution in [2.75, 3.05) is 36.8 Å². The van der Waals surface area contributed by atoms with Gasteiger partial charge >= 0.3 is 0 Å². The highest BCUT2D eigenvalue weighted by atomic mass is 32.2. The molecule has 0 amide bonds. The summed E-state index contributed by atoms with van der Waals surface area (Å²) in [5, 5.41) is 8.74. The van der Waals surface area contributed by atoms with Gasteiger partial charge in [0.2, 0.25) is 16.0 Å². The Kier molecular flexibility index (Phi) is 8.04. The lowest BCUT2D eigenvalue weighted by atomic mass is 10.1. The van der Waals surface area contributed by atoms with Gasteiger partial charge in [-0.25, -0.2) is 26.6 Å². The maximum Gasteiger partial charge on any atom is 0.243 e. The third-order valence-corrected chi connectivity index (χ3v) is 7.68. The fourth-order valence-corrected chi connectivity index (χ4v) is 5.64. The van der Waals surface area contributed by atoms with Gasteiger partial charge in [-0.05, 0) is 56.3 Å². The molecule has 0 atom stereocenters. The van der Waals surface area contributed by atoms with E-state index in [4.69, 9.17) is 5.73 Å². The maximum atomic E-state index is 13.9. The van der Waals surface area contributed by atoms with Gasteiger partial charge in [0.25, 0.3) is 0 Å². The second-order valence-corrected chi connectivity index (χ2v) is 10.1. The average molecular weight is 522 g/mol. The van der Waals surface area contributed by atoms with Crippen molar-refractivity contribution < 1.29 is 21.6 Å². The Morgan fingerprint density at radius 2 is 1.69 bits per heavy atom. The van der Waals surface area contributed by atoms with Gasteiger partial charge in [-0.2, -0.15) is 9.29 Å². The first kappa shape index (κ1) is 25.8. The molecule has 0 bridgehead atoms. The van der Waals surface area contributed by atoms with Crippen molar-refractivity contribution in [1.29, 1.82) is 0 Å². The van der Waals surface area contributed by atoms with Gasteiger partial charge < -0.3 is 21.7 Å². The fourth-order valence-electron chi connectivity index (χ4n) is 3.94. The number of nitrogens with one attached hydrogen (secondary N) is 3. The van der Waals surface area contributed by atoms with Crippen LogP contribution in [0, 0.1) is 17.5 Å². The molecule has 2 heterocycles. The van der Waals surface area contributed by atoms with Crippen LogP contribution >= 0.6 is 0 Å². The van der Waals surface area contributed by atoms with Crippen molar-refractivity contribution >= 4 is 33.2 Å². The van der Waals surface area contributed by atoms with Crippen molar-refractivity contribution in [3.63, 3.8) is 0 Å². The number of halogens is 3. The highest BCUT2D eigenvalue weighted by Gasteiger charge is 2.31. The molecule has 0 unspecified atom stereocenters. The Balaban J connectivity index is 1.48. The van der Waals surface area contributed by atoms with E-state index in [2.05, 4.69) is 25.9 Å². The third-order valence-electron chi connectivity index (χ3n) is 5.71. The zero-order valence-electron chi connectivity index (χ0n) is 19.2. The van der Waals surface area contributed by atoms with E-state index in [0.29, 0.717) is 17.8 Å². The van der Waals surface area contributed by atoms with Crippen molar-refractivity contribution in [1.82, 2.24) is 19.6 Å². The summed E-state index contributed by atoms with van der Waals surface area (Å²) in [6, 6.07) is 8.57. The molecule has 0 radical (unpaired) electrons. The molecule has 0 spiro atoms. The average Bonchev–Trinajstić information content (AvgIpc) is 2.87. The molecule has 1 aromatic heterocycles. The zero-order chi connectivity index (χ0) is 25.7. The van der Waals surface area contributed by atoms with Crippen molar-refractivity contribution in [2.24, 2.45) is 5.73 Å². The Labute approximate surface area is 207 Å². The molecule has 0 saturated carbocycles. The molecular formula is C23H26F3N7O2S. The molecule has 36 heavy (non-hydrogen) atoms. The van der Waals surface area contributed by atoms with Crippen LogP contribution in [0.2, 0.25) is 0 Å². The number of benzene rings is 2. The van der Waals surface area contributed by atoms with E-state index in [1.54, 1.807) is 12.1 Å².